The van der Waals surface area contributed by atoms with E-state index in [0.717, 1.165) is 154 Å². The number of carbonyl (C=O) groups is 3. The Morgan fingerprint density at radius 3 is 0.941 bits per heavy atom. The summed E-state index contributed by atoms with van der Waals surface area (Å²) >= 11 is 0. The molecule has 0 aromatic rings. The number of esters is 2. The van der Waals surface area contributed by atoms with Gasteiger partial charge in [-0.05, 0) is 135 Å². The SMILES string of the molecule is CC/C=C\C/C=C\C/C=C\C/C=C\C/C=C\C/C=C\C/C=C\C/C=C\CCCCCCCCCCC(=O)OC(COC(=O)CCCCCCC/C=C\C/C=C\C/C=C\C/C=C\C/C=C\C/C=C\C/C=C\CC)COC(OCC[N+](C)(C)C)C(=O)O. The van der Waals surface area contributed by atoms with E-state index in [0.29, 0.717) is 23.9 Å². The minimum atomic E-state index is -1.53. The second-order valence-corrected chi connectivity index (χ2v) is 22.3. The van der Waals surface area contributed by atoms with E-state index in [9.17, 15) is 19.5 Å². The lowest BCUT2D eigenvalue weighted by atomic mass is 10.1. The van der Waals surface area contributed by atoms with E-state index in [1.165, 1.54) is 25.7 Å². The predicted octanol–water partition coefficient (Wildman–Crippen LogP) is 20.5. The average molecular weight is 1180 g/mol. The number of ether oxygens (including phenoxy) is 4. The summed E-state index contributed by atoms with van der Waals surface area (Å²) in [6, 6.07) is 0. The normalized spacial score (nSPS) is 13.9. The van der Waals surface area contributed by atoms with E-state index in [1.807, 2.05) is 21.1 Å². The third-order valence-corrected chi connectivity index (χ3v) is 13.2. The van der Waals surface area contributed by atoms with Crippen LogP contribution in [-0.4, -0.2) is 87.4 Å². The summed E-state index contributed by atoms with van der Waals surface area (Å²) in [5.74, 6) is -2.07. The van der Waals surface area contributed by atoms with E-state index < -0.39 is 24.3 Å². The van der Waals surface area contributed by atoms with Gasteiger partial charge in [0.1, 0.15) is 13.2 Å². The van der Waals surface area contributed by atoms with Crippen molar-refractivity contribution in [1.29, 1.82) is 0 Å². The first-order valence-electron chi connectivity index (χ1n) is 32.9. The molecule has 0 aromatic carbocycles. The lowest BCUT2D eigenvalue weighted by molar-refractivity contribution is -0.870. The zero-order valence-electron chi connectivity index (χ0n) is 54.2. The molecule has 0 saturated heterocycles. The van der Waals surface area contributed by atoms with E-state index in [2.05, 4.69) is 196 Å². The molecule has 476 valence electrons. The molecule has 0 aliphatic heterocycles. The first kappa shape index (κ1) is 79.4. The molecular weight excluding hydrogens is 1050 g/mol. The summed E-state index contributed by atoms with van der Waals surface area (Å²) < 4.78 is 22.9. The second-order valence-electron chi connectivity index (χ2n) is 22.3. The van der Waals surface area contributed by atoms with Crippen molar-refractivity contribution < 1.29 is 42.9 Å². The van der Waals surface area contributed by atoms with Gasteiger partial charge in [-0.2, -0.15) is 0 Å². The first-order valence-corrected chi connectivity index (χ1v) is 32.9. The van der Waals surface area contributed by atoms with Crippen molar-refractivity contribution in [3.05, 3.63) is 182 Å². The van der Waals surface area contributed by atoms with Crippen molar-refractivity contribution in [2.45, 2.75) is 232 Å². The van der Waals surface area contributed by atoms with Crippen molar-refractivity contribution >= 4 is 17.9 Å². The van der Waals surface area contributed by atoms with E-state index >= 15 is 0 Å². The predicted molar refractivity (Wildman–Crippen MR) is 363 cm³/mol. The zero-order valence-corrected chi connectivity index (χ0v) is 54.2. The third kappa shape index (κ3) is 65.8. The number of allylic oxidation sites excluding steroid dienone is 30. The molecule has 9 nitrogen and oxygen atoms in total. The number of unbranched alkanes of at least 4 members (excludes halogenated alkanes) is 13. The Morgan fingerprint density at radius 1 is 0.353 bits per heavy atom. The Bertz CT molecular complexity index is 2050. The zero-order chi connectivity index (χ0) is 61.9. The van der Waals surface area contributed by atoms with Crippen molar-refractivity contribution in [2.75, 3.05) is 47.5 Å². The van der Waals surface area contributed by atoms with Gasteiger partial charge in [0.2, 0.25) is 0 Å². The standard InChI is InChI=1S/C76H119NO8/c1-6-8-10-12-14-16-18-20-22-24-26-28-30-32-34-35-36-37-38-39-41-43-45-47-49-51-53-55-57-59-61-63-65-67-74(79)85-72(71-84-76(75(80)81)82-69-68-77(3,4)5)70-83-73(78)66-64-62-60-58-56-54-52-50-48-46-44-42-40-33-31-29-27-25-23-21-19-17-15-13-11-9-7-2/h8-11,14-17,20-23,26-29,32-34,36-37,39-41,44-47,50,52,72,76H,6-7,12-13,18-19,24-25,30-31,35,38,42-43,48-49,51,53-71H2,1-5H3/p+1/b10-8-,11-9-,16-14-,17-15-,22-20-,23-21-,28-26-,29-27-,34-32-,37-36-,40-33-,41-39-,46-44-,47-45-,52-50-. The summed E-state index contributed by atoms with van der Waals surface area (Å²) in [6.07, 6.45) is 95.5. The molecule has 0 heterocycles. The highest BCUT2D eigenvalue weighted by molar-refractivity contribution is 5.71. The lowest BCUT2D eigenvalue weighted by Crippen LogP contribution is -2.40. The van der Waals surface area contributed by atoms with Crippen LogP contribution in [0.4, 0.5) is 0 Å². The maximum atomic E-state index is 12.9. The van der Waals surface area contributed by atoms with Gasteiger partial charge in [-0.15, -0.1) is 0 Å². The molecule has 0 amide bonds. The number of likely N-dealkylation sites (N-methyl/N-ethyl adjacent to an activating group) is 1. The molecule has 9 heteroatoms. The van der Waals surface area contributed by atoms with Gasteiger partial charge in [0.25, 0.3) is 6.29 Å². The summed E-state index contributed by atoms with van der Waals surface area (Å²) in [5.41, 5.74) is 0. The molecule has 0 aromatic heterocycles. The number of carbonyl (C=O) groups excluding carboxylic acids is 2. The minimum absolute atomic E-state index is 0.171. The summed E-state index contributed by atoms with van der Waals surface area (Å²) in [7, 11) is 5.95. The van der Waals surface area contributed by atoms with Crippen LogP contribution in [0.3, 0.4) is 0 Å². The Hall–Kier alpha value is -5.61. The highest BCUT2D eigenvalue weighted by atomic mass is 16.7. The van der Waals surface area contributed by atoms with Gasteiger partial charge in [-0.25, -0.2) is 4.79 Å². The number of carboxylic acid groups (broad SMARTS) is 1. The molecule has 0 bridgehead atoms. The number of hydrogen-bond donors (Lipinski definition) is 1. The fraction of sp³-hybridized carbons (Fsp3) is 0.566. The van der Waals surface area contributed by atoms with Crippen molar-refractivity contribution in [3.63, 3.8) is 0 Å². The molecule has 0 aliphatic rings. The monoisotopic (exact) mass is 1170 g/mol. The van der Waals surface area contributed by atoms with Gasteiger partial charge in [-0.3, -0.25) is 9.59 Å². The van der Waals surface area contributed by atoms with Crippen LogP contribution in [-0.2, 0) is 33.3 Å². The maximum Gasteiger partial charge on any atom is 0.361 e. The minimum Gasteiger partial charge on any atom is -0.477 e. The molecule has 0 aliphatic carbocycles. The van der Waals surface area contributed by atoms with Crippen LogP contribution in [0.1, 0.15) is 219 Å². The number of carboxylic acids is 1. The van der Waals surface area contributed by atoms with Crippen LogP contribution < -0.4 is 0 Å². The van der Waals surface area contributed by atoms with Crippen LogP contribution >= 0.6 is 0 Å². The molecule has 2 unspecified atom stereocenters. The second kappa shape index (κ2) is 64.4. The van der Waals surface area contributed by atoms with Gasteiger partial charge < -0.3 is 28.5 Å². The van der Waals surface area contributed by atoms with E-state index in [4.69, 9.17) is 18.9 Å². The molecule has 0 spiro atoms. The fourth-order valence-corrected chi connectivity index (χ4v) is 8.18. The molecule has 0 fully saturated rings. The lowest BCUT2D eigenvalue weighted by Gasteiger charge is -2.25. The number of hydrogen-bond acceptors (Lipinski definition) is 7. The Kier molecular flexibility index (Phi) is 60.1. The fourth-order valence-electron chi connectivity index (χ4n) is 8.18. The Morgan fingerprint density at radius 2 is 0.635 bits per heavy atom. The number of rotatable bonds is 58. The van der Waals surface area contributed by atoms with E-state index in [-0.39, 0.29) is 38.6 Å². The largest absolute Gasteiger partial charge is 0.477 e. The number of aliphatic carboxylic acids is 1. The van der Waals surface area contributed by atoms with Gasteiger partial charge in [0, 0.05) is 12.8 Å². The van der Waals surface area contributed by atoms with Crippen LogP contribution in [0.5, 0.6) is 0 Å². The topological polar surface area (TPSA) is 108 Å². The van der Waals surface area contributed by atoms with Crippen LogP contribution in [0, 0.1) is 0 Å². The molecule has 2 atom stereocenters. The molecule has 0 radical (unpaired) electrons. The highest BCUT2D eigenvalue weighted by Crippen LogP contribution is 2.14. The number of nitrogens with zero attached hydrogens (tertiary/aromatic N) is 1. The summed E-state index contributed by atoms with van der Waals surface area (Å²) in [6.45, 7) is 4.59. The smallest absolute Gasteiger partial charge is 0.361 e. The Balaban J connectivity index is 4.30. The molecule has 0 saturated carbocycles. The molecule has 1 N–H and O–H groups in total. The summed E-state index contributed by atoms with van der Waals surface area (Å²) in [5, 5.41) is 9.74. The molecular formula is C76H120NO8+. The van der Waals surface area contributed by atoms with Crippen molar-refractivity contribution in [1.82, 2.24) is 0 Å². The first-order chi connectivity index (χ1) is 41.6. The van der Waals surface area contributed by atoms with Crippen LogP contribution in [0.2, 0.25) is 0 Å². The summed E-state index contributed by atoms with van der Waals surface area (Å²) in [4.78, 5) is 37.6. The van der Waals surface area contributed by atoms with Crippen LogP contribution in [0.15, 0.2) is 182 Å². The Labute approximate surface area is 519 Å². The maximum absolute atomic E-state index is 12.9. The van der Waals surface area contributed by atoms with Gasteiger partial charge >= 0.3 is 17.9 Å². The van der Waals surface area contributed by atoms with Gasteiger partial charge in [0.05, 0.1) is 34.4 Å². The van der Waals surface area contributed by atoms with E-state index in [1.54, 1.807) is 0 Å². The van der Waals surface area contributed by atoms with Crippen molar-refractivity contribution in [3.8, 4) is 0 Å². The third-order valence-electron chi connectivity index (χ3n) is 13.2. The van der Waals surface area contributed by atoms with Crippen LogP contribution in [0.25, 0.3) is 0 Å². The highest BCUT2D eigenvalue weighted by Gasteiger charge is 2.25. The number of quaternary nitrogens is 1. The molecule has 85 heavy (non-hydrogen) atoms. The quantitative estimate of drug-likeness (QED) is 0.0211. The van der Waals surface area contributed by atoms with Gasteiger partial charge in [-0.1, -0.05) is 254 Å². The molecule has 0 rings (SSSR count). The average Bonchev–Trinajstić information content (AvgIpc) is 3.49. The van der Waals surface area contributed by atoms with Crippen molar-refractivity contribution in [2.24, 2.45) is 0 Å². The van der Waals surface area contributed by atoms with Gasteiger partial charge in [0.15, 0.2) is 6.10 Å².